The van der Waals surface area contributed by atoms with Crippen LogP contribution in [0.3, 0.4) is 0 Å². The number of hydrogen-bond acceptors (Lipinski definition) is 5. The fourth-order valence-corrected chi connectivity index (χ4v) is 2.88. The maximum Gasteiger partial charge on any atom is 0.185 e. The number of aromatic nitrogens is 1. The van der Waals surface area contributed by atoms with E-state index in [1.54, 1.807) is 17.6 Å². The summed E-state index contributed by atoms with van der Waals surface area (Å²) in [5.41, 5.74) is 0. The summed E-state index contributed by atoms with van der Waals surface area (Å²) in [4.78, 5) is 7.50. The molecule has 1 rings (SSSR count). The predicted octanol–water partition coefficient (Wildman–Crippen LogP) is 1.07. The fraction of sp³-hybridized carbons (Fsp3) is 0.700. The lowest BCUT2D eigenvalue weighted by molar-refractivity contribution is 0.591. The van der Waals surface area contributed by atoms with Crippen molar-refractivity contribution in [1.29, 1.82) is 0 Å². The van der Waals surface area contributed by atoms with E-state index in [1.807, 2.05) is 25.2 Å². The summed E-state index contributed by atoms with van der Waals surface area (Å²) in [5.74, 6) is 0.694. The Morgan fingerprint density at radius 2 is 2.31 bits per heavy atom. The maximum absolute atomic E-state index is 11.0. The standard InChI is InChI=1S/C10H19N3OS2/c1-8(7-16(4)14)11-5-9-6-12-10(15-9)13(2)3/h6,8,11H,5,7H2,1-4H3. The average molecular weight is 261 g/mol. The third-order valence-electron chi connectivity index (χ3n) is 2.03. The second kappa shape index (κ2) is 6.32. The van der Waals surface area contributed by atoms with Gasteiger partial charge in [0.2, 0.25) is 0 Å². The molecule has 0 amide bonds. The van der Waals surface area contributed by atoms with Crippen molar-refractivity contribution in [2.45, 2.75) is 19.5 Å². The van der Waals surface area contributed by atoms with Crippen molar-refractivity contribution >= 4 is 27.3 Å². The Morgan fingerprint density at radius 1 is 1.62 bits per heavy atom. The fourth-order valence-electron chi connectivity index (χ4n) is 1.27. The van der Waals surface area contributed by atoms with Crippen LogP contribution in [0.15, 0.2) is 6.20 Å². The highest BCUT2D eigenvalue weighted by Crippen LogP contribution is 2.19. The number of anilines is 1. The van der Waals surface area contributed by atoms with Gasteiger partial charge >= 0.3 is 0 Å². The summed E-state index contributed by atoms with van der Waals surface area (Å²) < 4.78 is 11.0. The van der Waals surface area contributed by atoms with Gasteiger partial charge in [0, 0.05) is 60.6 Å². The molecular weight excluding hydrogens is 242 g/mol. The van der Waals surface area contributed by atoms with E-state index in [2.05, 4.69) is 17.2 Å². The van der Waals surface area contributed by atoms with Gasteiger partial charge < -0.3 is 10.2 Å². The van der Waals surface area contributed by atoms with Crippen LogP contribution in [0.25, 0.3) is 0 Å². The zero-order chi connectivity index (χ0) is 12.1. The van der Waals surface area contributed by atoms with Crippen LogP contribution in [0, 0.1) is 0 Å². The van der Waals surface area contributed by atoms with Crippen LogP contribution in [0.4, 0.5) is 5.13 Å². The molecular formula is C10H19N3OS2. The Kier molecular flexibility index (Phi) is 5.37. The van der Waals surface area contributed by atoms with Crippen LogP contribution >= 0.6 is 11.3 Å². The molecule has 0 radical (unpaired) electrons. The molecule has 2 unspecified atom stereocenters. The quantitative estimate of drug-likeness (QED) is 0.832. The maximum atomic E-state index is 11.0. The van der Waals surface area contributed by atoms with Crippen molar-refractivity contribution in [3.05, 3.63) is 11.1 Å². The monoisotopic (exact) mass is 261 g/mol. The smallest absolute Gasteiger partial charge is 0.185 e. The van der Waals surface area contributed by atoms with E-state index in [-0.39, 0.29) is 6.04 Å². The van der Waals surface area contributed by atoms with Crippen molar-refractivity contribution in [1.82, 2.24) is 10.3 Å². The Balaban J connectivity index is 2.39. The first-order valence-corrected chi connectivity index (χ1v) is 7.69. The van der Waals surface area contributed by atoms with E-state index >= 15 is 0 Å². The van der Waals surface area contributed by atoms with Gasteiger partial charge in [0.15, 0.2) is 5.13 Å². The molecule has 0 aliphatic heterocycles. The van der Waals surface area contributed by atoms with Crippen molar-refractivity contribution in [2.24, 2.45) is 0 Å². The third-order valence-corrected chi connectivity index (χ3v) is 4.17. The number of nitrogens with one attached hydrogen (secondary N) is 1. The minimum Gasteiger partial charge on any atom is -0.354 e. The molecule has 0 aliphatic carbocycles. The summed E-state index contributed by atoms with van der Waals surface area (Å²) in [6, 6.07) is 0.274. The molecule has 1 aromatic rings. The van der Waals surface area contributed by atoms with E-state index in [9.17, 15) is 4.21 Å². The van der Waals surface area contributed by atoms with Crippen LogP contribution < -0.4 is 10.2 Å². The molecule has 2 atom stereocenters. The summed E-state index contributed by atoms with van der Waals surface area (Å²) >= 11 is 1.68. The molecule has 16 heavy (non-hydrogen) atoms. The SMILES string of the molecule is CC(CS(C)=O)NCc1cnc(N(C)C)s1. The predicted molar refractivity (Wildman–Crippen MR) is 71.7 cm³/mol. The minimum atomic E-state index is -0.739. The summed E-state index contributed by atoms with van der Waals surface area (Å²) in [7, 11) is 3.23. The van der Waals surface area contributed by atoms with Crippen LogP contribution in [-0.2, 0) is 17.3 Å². The van der Waals surface area contributed by atoms with E-state index < -0.39 is 10.8 Å². The van der Waals surface area contributed by atoms with Gasteiger partial charge in [0.25, 0.3) is 0 Å². The normalized spacial score (nSPS) is 14.8. The number of hydrogen-bond donors (Lipinski definition) is 1. The van der Waals surface area contributed by atoms with Crippen LogP contribution in [0.5, 0.6) is 0 Å². The van der Waals surface area contributed by atoms with Crippen LogP contribution in [-0.4, -0.2) is 41.3 Å². The van der Waals surface area contributed by atoms with Gasteiger partial charge in [-0.05, 0) is 6.92 Å². The first-order valence-electron chi connectivity index (χ1n) is 5.14. The first-order chi connectivity index (χ1) is 7.49. The first kappa shape index (κ1) is 13.6. The van der Waals surface area contributed by atoms with Crippen LogP contribution in [0.2, 0.25) is 0 Å². The zero-order valence-corrected chi connectivity index (χ0v) is 11.8. The average Bonchev–Trinajstić information content (AvgIpc) is 2.61. The Hall–Kier alpha value is -0.460. The van der Waals surface area contributed by atoms with Gasteiger partial charge in [0.05, 0.1) is 0 Å². The highest BCUT2D eigenvalue weighted by atomic mass is 32.2. The molecule has 6 heteroatoms. The van der Waals surface area contributed by atoms with Crippen molar-refractivity contribution in [3.8, 4) is 0 Å². The van der Waals surface area contributed by atoms with Crippen molar-refractivity contribution < 1.29 is 4.21 Å². The molecule has 0 saturated carbocycles. The van der Waals surface area contributed by atoms with E-state index in [0.29, 0.717) is 5.75 Å². The molecule has 1 aromatic heterocycles. The molecule has 4 nitrogen and oxygen atoms in total. The van der Waals surface area contributed by atoms with Gasteiger partial charge in [-0.25, -0.2) is 4.98 Å². The Bertz CT molecular complexity index is 352. The molecule has 92 valence electrons. The lowest BCUT2D eigenvalue weighted by Crippen LogP contribution is -2.30. The summed E-state index contributed by atoms with van der Waals surface area (Å²) in [5, 5.41) is 4.36. The summed E-state index contributed by atoms with van der Waals surface area (Å²) in [6.45, 7) is 2.85. The molecule has 1 N–H and O–H groups in total. The topological polar surface area (TPSA) is 45.2 Å². The minimum absolute atomic E-state index is 0.274. The zero-order valence-electron chi connectivity index (χ0n) is 10.2. The van der Waals surface area contributed by atoms with Crippen LogP contribution in [0.1, 0.15) is 11.8 Å². The molecule has 0 fully saturated rings. The third kappa shape index (κ3) is 4.59. The van der Waals surface area contributed by atoms with E-state index in [1.165, 1.54) is 4.88 Å². The molecule has 0 aromatic carbocycles. The second-order valence-electron chi connectivity index (χ2n) is 4.03. The van der Waals surface area contributed by atoms with E-state index in [4.69, 9.17) is 0 Å². The van der Waals surface area contributed by atoms with Gasteiger partial charge in [-0.1, -0.05) is 0 Å². The van der Waals surface area contributed by atoms with Gasteiger partial charge in [-0.3, -0.25) is 4.21 Å². The van der Waals surface area contributed by atoms with Gasteiger partial charge in [-0.2, -0.15) is 0 Å². The molecule has 0 aliphatic rings. The van der Waals surface area contributed by atoms with Gasteiger partial charge in [0.1, 0.15) is 0 Å². The molecule has 1 heterocycles. The largest absolute Gasteiger partial charge is 0.354 e. The molecule has 0 saturated heterocycles. The summed E-state index contributed by atoms with van der Waals surface area (Å²) in [6.07, 6.45) is 3.62. The lowest BCUT2D eigenvalue weighted by Gasteiger charge is -2.10. The number of rotatable bonds is 6. The van der Waals surface area contributed by atoms with Gasteiger partial charge in [-0.15, -0.1) is 11.3 Å². The lowest BCUT2D eigenvalue weighted by atomic mass is 10.4. The Labute approximate surface area is 104 Å². The second-order valence-corrected chi connectivity index (χ2v) is 6.60. The molecule has 0 spiro atoms. The van der Waals surface area contributed by atoms with E-state index in [0.717, 1.165) is 11.7 Å². The van der Waals surface area contributed by atoms with Crippen molar-refractivity contribution in [3.63, 3.8) is 0 Å². The molecule has 0 bridgehead atoms. The van der Waals surface area contributed by atoms with Crippen molar-refractivity contribution in [2.75, 3.05) is 31.0 Å². The highest BCUT2D eigenvalue weighted by Gasteiger charge is 2.06. The number of nitrogens with zero attached hydrogens (tertiary/aromatic N) is 2. The highest BCUT2D eigenvalue weighted by molar-refractivity contribution is 7.84. The Morgan fingerprint density at radius 3 is 2.81 bits per heavy atom. The number of thiazole rings is 1.